The van der Waals surface area contributed by atoms with Gasteiger partial charge < -0.3 is 15.8 Å². The van der Waals surface area contributed by atoms with Gasteiger partial charge in [-0.2, -0.15) is 13.2 Å². The van der Waals surface area contributed by atoms with E-state index in [0.29, 0.717) is 6.07 Å². The summed E-state index contributed by atoms with van der Waals surface area (Å²) < 4.78 is 58.5. The molecule has 11 heteroatoms. The lowest BCUT2D eigenvalue weighted by atomic mass is 10.0. The Labute approximate surface area is 161 Å². The van der Waals surface area contributed by atoms with Crippen LogP contribution in [0.3, 0.4) is 0 Å². The molecule has 0 fully saturated rings. The molecule has 0 radical (unpaired) electrons. The fraction of sp³-hybridized carbons (Fsp3) is 0.235. The van der Waals surface area contributed by atoms with Gasteiger partial charge in [-0.05, 0) is 25.1 Å². The minimum absolute atomic E-state index is 0.144. The van der Waals surface area contributed by atoms with Gasteiger partial charge in [0.05, 0.1) is 35.0 Å². The molecule has 1 atom stereocenters. The van der Waals surface area contributed by atoms with Crippen LogP contribution in [0.1, 0.15) is 28.5 Å². The molecule has 3 N–H and O–H groups in total. The molecule has 0 saturated heterocycles. The monoisotopic (exact) mass is 419 g/mol. The number of benzene rings is 1. The third kappa shape index (κ3) is 4.39. The lowest BCUT2D eigenvalue weighted by Crippen LogP contribution is -2.33. The van der Waals surface area contributed by atoms with Crippen LogP contribution >= 0.6 is 11.6 Å². The number of pyridine rings is 1. The van der Waals surface area contributed by atoms with E-state index in [1.807, 2.05) is 0 Å². The lowest BCUT2D eigenvalue weighted by molar-refractivity contribution is -0.137. The number of nitrogens with two attached hydrogens (primary N) is 1. The molecule has 6 nitrogen and oxygen atoms in total. The van der Waals surface area contributed by atoms with Crippen molar-refractivity contribution in [3.05, 3.63) is 51.9 Å². The highest BCUT2D eigenvalue weighted by molar-refractivity contribution is 6.37. The Bertz CT molecular complexity index is 933. The zero-order valence-electron chi connectivity index (χ0n) is 14.5. The van der Waals surface area contributed by atoms with Gasteiger partial charge in [0.1, 0.15) is 0 Å². The molecule has 1 amide bonds. The molecule has 0 aliphatic carbocycles. The van der Waals surface area contributed by atoms with E-state index in [4.69, 9.17) is 22.1 Å². The smallest absolute Gasteiger partial charge is 0.417 e. The van der Waals surface area contributed by atoms with Crippen molar-refractivity contribution in [2.24, 2.45) is 5.73 Å². The van der Waals surface area contributed by atoms with Gasteiger partial charge in [-0.3, -0.25) is 9.59 Å². The Morgan fingerprint density at radius 3 is 2.43 bits per heavy atom. The molecule has 2 rings (SSSR count). The summed E-state index contributed by atoms with van der Waals surface area (Å²) in [7, 11) is 1.21. The first kappa shape index (κ1) is 21.6. The maximum atomic E-state index is 14.1. The summed E-state index contributed by atoms with van der Waals surface area (Å²) >= 11 is 5.83. The Kier molecular flexibility index (Phi) is 6.25. The minimum Gasteiger partial charge on any atom is -0.481 e. The quantitative estimate of drug-likeness (QED) is 0.572. The van der Waals surface area contributed by atoms with Gasteiger partial charge in [-0.1, -0.05) is 11.6 Å². The highest BCUT2D eigenvalue weighted by Crippen LogP contribution is 2.40. The number of anilines is 1. The molecule has 1 heterocycles. The third-order valence-corrected chi connectivity index (χ3v) is 3.98. The predicted octanol–water partition coefficient (Wildman–Crippen LogP) is 3.42. The van der Waals surface area contributed by atoms with E-state index in [1.54, 1.807) is 0 Å². The average molecular weight is 420 g/mol. The van der Waals surface area contributed by atoms with Crippen LogP contribution in [-0.4, -0.2) is 29.8 Å². The van der Waals surface area contributed by atoms with E-state index in [9.17, 15) is 27.2 Å². The van der Waals surface area contributed by atoms with Crippen molar-refractivity contribution in [2.75, 3.05) is 12.4 Å². The van der Waals surface area contributed by atoms with Crippen LogP contribution < -0.4 is 15.8 Å². The highest BCUT2D eigenvalue weighted by atomic mass is 35.5. The molecule has 1 aromatic heterocycles. The van der Waals surface area contributed by atoms with Crippen molar-refractivity contribution in [1.29, 1.82) is 0 Å². The largest absolute Gasteiger partial charge is 0.481 e. The van der Waals surface area contributed by atoms with Crippen molar-refractivity contribution in [3.63, 3.8) is 0 Å². The van der Waals surface area contributed by atoms with Crippen LogP contribution in [0.4, 0.5) is 23.2 Å². The fourth-order valence-corrected chi connectivity index (χ4v) is 2.54. The summed E-state index contributed by atoms with van der Waals surface area (Å²) in [4.78, 5) is 28.3. The standard InChI is InChI=1S/C17H14ClF4N3O3/c1-7(23)16(27)24-10-5-3-8(17(20,21)22)13(18)12(10)15(26)14-9(19)4-6-11(25-14)28-2/h3-7H,23H2,1-2H3,(H,24,27). The van der Waals surface area contributed by atoms with Crippen molar-refractivity contribution in [2.45, 2.75) is 19.1 Å². The van der Waals surface area contributed by atoms with Crippen molar-refractivity contribution in [1.82, 2.24) is 4.98 Å². The van der Waals surface area contributed by atoms with Crippen molar-refractivity contribution < 1.29 is 31.9 Å². The molecule has 28 heavy (non-hydrogen) atoms. The Morgan fingerprint density at radius 2 is 1.89 bits per heavy atom. The number of nitrogens with one attached hydrogen (secondary N) is 1. The Hall–Kier alpha value is -2.72. The summed E-state index contributed by atoms with van der Waals surface area (Å²) in [6.45, 7) is 1.33. The Morgan fingerprint density at radius 1 is 1.25 bits per heavy atom. The summed E-state index contributed by atoms with van der Waals surface area (Å²) in [6, 6.07) is 2.38. The van der Waals surface area contributed by atoms with Gasteiger partial charge in [0.2, 0.25) is 17.6 Å². The van der Waals surface area contributed by atoms with Gasteiger partial charge in [0, 0.05) is 6.07 Å². The molecule has 2 aromatic rings. The molecule has 1 aromatic carbocycles. The first-order chi connectivity index (χ1) is 13.0. The SMILES string of the molecule is COc1ccc(F)c(C(=O)c2c(NC(=O)C(C)N)ccc(C(F)(F)F)c2Cl)n1. The predicted molar refractivity (Wildman–Crippen MR) is 92.9 cm³/mol. The summed E-state index contributed by atoms with van der Waals surface area (Å²) in [5.41, 5.74) is 2.13. The van der Waals surface area contributed by atoms with Gasteiger partial charge >= 0.3 is 6.18 Å². The molecular formula is C17H14ClF4N3O3. The number of halogens is 5. The molecule has 0 spiro atoms. The molecule has 0 saturated carbocycles. The van der Waals surface area contributed by atoms with E-state index >= 15 is 0 Å². The Balaban J connectivity index is 2.71. The maximum absolute atomic E-state index is 14.1. The van der Waals surface area contributed by atoms with Crippen molar-refractivity contribution >= 4 is 29.0 Å². The molecule has 0 aliphatic rings. The molecule has 150 valence electrons. The molecule has 0 bridgehead atoms. The van der Waals surface area contributed by atoms with Crippen LogP contribution in [0.15, 0.2) is 24.3 Å². The normalized spacial score (nSPS) is 12.4. The third-order valence-electron chi connectivity index (χ3n) is 3.59. The fourth-order valence-electron chi connectivity index (χ4n) is 2.18. The van der Waals surface area contributed by atoms with Crippen LogP contribution in [0.25, 0.3) is 0 Å². The summed E-state index contributed by atoms with van der Waals surface area (Å²) in [5.74, 6) is -3.31. The number of alkyl halides is 3. The number of carbonyl (C=O) groups is 2. The number of hydrogen-bond donors (Lipinski definition) is 2. The number of aromatic nitrogens is 1. The van der Waals surface area contributed by atoms with Crippen molar-refractivity contribution in [3.8, 4) is 5.88 Å². The zero-order chi connectivity index (χ0) is 21.2. The topological polar surface area (TPSA) is 94.3 Å². The summed E-state index contributed by atoms with van der Waals surface area (Å²) in [6.07, 6.45) is -4.89. The second-order valence-electron chi connectivity index (χ2n) is 5.64. The van der Waals surface area contributed by atoms with Gasteiger partial charge in [0.25, 0.3) is 0 Å². The van der Waals surface area contributed by atoms with Crippen LogP contribution in [0.2, 0.25) is 5.02 Å². The van der Waals surface area contributed by atoms with Gasteiger partial charge in [-0.15, -0.1) is 0 Å². The molecule has 0 aliphatic heterocycles. The van der Waals surface area contributed by atoms with E-state index < -0.39 is 51.6 Å². The maximum Gasteiger partial charge on any atom is 0.417 e. The first-order valence-electron chi connectivity index (χ1n) is 7.68. The zero-order valence-corrected chi connectivity index (χ0v) is 15.3. The molecule has 1 unspecified atom stereocenters. The van der Waals surface area contributed by atoms with E-state index in [0.717, 1.165) is 18.2 Å². The van der Waals surface area contributed by atoms with E-state index in [-0.39, 0.29) is 11.6 Å². The van der Waals surface area contributed by atoms with Crippen LogP contribution in [-0.2, 0) is 11.0 Å². The number of methoxy groups -OCH3 is 1. The van der Waals surface area contributed by atoms with Crippen LogP contribution in [0, 0.1) is 5.82 Å². The molecular weight excluding hydrogens is 406 g/mol. The van der Waals surface area contributed by atoms with Gasteiger partial charge in [-0.25, -0.2) is 9.37 Å². The second-order valence-corrected chi connectivity index (χ2v) is 6.02. The van der Waals surface area contributed by atoms with Gasteiger partial charge in [0.15, 0.2) is 11.5 Å². The highest BCUT2D eigenvalue weighted by Gasteiger charge is 2.37. The van der Waals surface area contributed by atoms with E-state index in [2.05, 4.69) is 10.3 Å². The number of ether oxygens (including phenoxy) is 1. The average Bonchev–Trinajstić information content (AvgIpc) is 2.60. The summed E-state index contributed by atoms with van der Waals surface area (Å²) in [5, 5.41) is 1.20. The number of amides is 1. The van der Waals surface area contributed by atoms with E-state index in [1.165, 1.54) is 14.0 Å². The van der Waals surface area contributed by atoms with Crippen LogP contribution in [0.5, 0.6) is 5.88 Å². The number of ketones is 1. The first-order valence-corrected chi connectivity index (χ1v) is 8.06. The number of hydrogen-bond acceptors (Lipinski definition) is 5. The second kappa shape index (κ2) is 8.11. The number of rotatable bonds is 5. The number of nitrogens with zero attached hydrogens (tertiary/aromatic N) is 1. The lowest BCUT2D eigenvalue weighted by Gasteiger charge is -2.17. The minimum atomic E-state index is -4.89. The number of carbonyl (C=O) groups excluding carboxylic acids is 2.